The summed E-state index contributed by atoms with van der Waals surface area (Å²) in [6.45, 7) is 12.0. The summed E-state index contributed by atoms with van der Waals surface area (Å²) in [6.07, 6.45) is 7.35. The predicted molar refractivity (Wildman–Crippen MR) is 249 cm³/mol. The second-order valence-electron chi connectivity index (χ2n) is 20.7. The number of esters is 2. The Hall–Kier alpha value is -5.14. The maximum Gasteiger partial charge on any atom is 0.338 e. The molecule has 2 saturated carbocycles. The standard InChI is InChI=1S/C54H66N2O10/c1-51(2,3)65-47(59)23-21-40(33-57)56-46(58)25-27-55-49(60)37-30-43(48-44(31-37)63-54(66-48,38-16-9-7-10-17-38)39-18-11-8-12-19-39)62-50(61)36-15-13-14-34(29-36)28-35-20-22-45-53(6,64-45)26-24-42-41(35)32-52(42,4)5/h7-19,28-29,31,40-45,48,57H,20-27,30,32-33H2,1-6H3,(H,55,60)(H,56,58). The van der Waals surface area contributed by atoms with E-state index in [1.165, 1.54) is 5.57 Å². The van der Waals surface area contributed by atoms with Crippen molar-refractivity contribution in [2.45, 2.75) is 147 Å². The van der Waals surface area contributed by atoms with Gasteiger partial charge in [-0.2, -0.15) is 0 Å². The summed E-state index contributed by atoms with van der Waals surface area (Å²) in [5.74, 6) is -2.08. The van der Waals surface area contributed by atoms with Gasteiger partial charge in [-0.15, -0.1) is 0 Å². The Balaban J connectivity index is 0.988. The normalized spacial score (nSPS) is 28.3. The maximum absolute atomic E-state index is 14.3. The number of hydrogen-bond acceptors (Lipinski definition) is 10. The number of aliphatic hydroxyl groups excluding tert-OH is 1. The number of benzene rings is 3. The molecule has 66 heavy (non-hydrogen) atoms. The SMILES string of the molecule is CC(C)(C)OC(=O)CCC(CO)NC(=O)CCNC(=O)C1=CC2OC(c3ccccc3)(c3ccccc3)OC2C(OC(=O)c2cccc(C=C3CCC4OC4(C)CCC4C3CC4(C)C)c2)C1. The van der Waals surface area contributed by atoms with Crippen LogP contribution in [-0.2, 0) is 43.9 Å². The lowest BCUT2D eigenvalue weighted by atomic mass is 9.52. The molecule has 3 N–H and O–H groups in total. The molecule has 0 spiro atoms. The van der Waals surface area contributed by atoms with Crippen LogP contribution in [0.2, 0.25) is 0 Å². The van der Waals surface area contributed by atoms with E-state index in [1.54, 1.807) is 32.9 Å². The van der Waals surface area contributed by atoms with Crippen molar-refractivity contribution in [3.05, 3.63) is 124 Å². The molecule has 2 aliphatic heterocycles. The first-order valence-corrected chi connectivity index (χ1v) is 23.7. The molecule has 3 aromatic carbocycles. The number of carbonyl (C=O) groups excluding carboxylic acids is 4. The van der Waals surface area contributed by atoms with Gasteiger partial charge in [0.1, 0.15) is 23.9 Å². The van der Waals surface area contributed by atoms with Crippen LogP contribution in [-0.4, -0.2) is 83.7 Å². The number of nitrogens with one attached hydrogen (secondary N) is 2. The summed E-state index contributed by atoms with van der Waals surface area (Å²) in [5.41, 5.74) is 4.19. The molecule has 0 bridgehead atoms. The topological polar surface area (TPSA) is 162 Å². The number of allylic oxidation sites excluding steroid dienone is 1. The van der Waals surface area contributed by atoms with Gasteiger partial charge in [-0.25, -0.2) is 4.79 Å². The Labute approximate surface area is 388 Å². The third kappa shape index (κ3) is 10.7. The zero-order valence-corrected chi connectivity index (χ0v) is 39.2. The van der Waals surface area contributed by atoms with Crippen LogP contribution in [0.1, 0.15) is 126 Å². The minimum Gasteiger partial charge on any atom is -0.460 e. The molecule has 4 fully saturated rings. The molecule has 3 aliphatic carbocycles. The minimum absolute atomic E-state index is 0.00546. The van der Waals surface area contributed by atoms with Crippen molar-refractivity contribution >= 4 is 29.8 Å². The molecule has 5 aliphatic rings. The molecule has 3 aromatic rings. The Morgan fingerprint density at radius 3 is 2.27 bits per heavy atom. The van der Waals surface area contributed by atoms with E-state index in [9.17, 15) is 24.3 Å². The molecule has 0 radical (unpaired) electrons. The largest absolute Gasteiger partial charge is 0.460 e. The summed E-state index contributed by atoms with van der Waals surface area (Å²) >= 11 is 0. The second kappa shape index (κ2) is 19.2. The van der Waals surface area contributed by atoms with Crippen LogP contribution < -0.4 is 10.6 Å². The van der Waals surface area contributed by atoms with Crippen LogP contribution in [0, 0.1) is 17.3 Å². The van der Waals surface area contributed by atoms with E-state index < -0.39 is 59.5 Å². The Morgan fingerprint density at radius 2 is 1.61 bits per heavy atom. The Bertz CT molecular complexity index is 2280. The first-order chi connectivity index (χ1) is 31.4. The first kappa shape index (κ1) is 47.4. The van der Waals surface area contributed by atoms with Gasteiger partial charge in [0, 0.05) is 42.5 Å². The highest BCUT2D eigenvalue weighted by Crippen LogP contribution is 2.60. The van der Waals surface area contributed by atoms with Gasteiger partial charge in [-0.3, -0.25) is 14.4 Å². The molecular formula is C54H66N2O10. The second-order valence-corrected chi connectivity index (χ2v) is 20.7. The molecule has 2 saturated heterocycles. The van der Waals surface area contributed by atoms with Crippen molar-refractivity contribution in [1.82, 2.24) is 10.6 Å². The van der Waals surface area contributed by atoms with Gasteiger partial charge < -0.3 is 39.4 Å². The van der Waals surface area contributed by atoms with Crippen LogP contribution >= 0.6 is 0 Å². The fraction of sp³-hybridized carbons (Fsp3) is 0.519. The first-order valence-electron chi connectivity index (χ1n) is 23.7. The van der Waals surface area contributed by atoms with E-state index in [0.29, 0.717) is 29.1 Å². The summed E-state index contributed by atoms with van der Waals surface area (Å²) in [7, 11) is 0. The number of carbonyl (C=O) groups is 4. The third-order valence-electron chi connectivity index (χ3n) is 14.1. The van der Waals surface area contributed by atoms with E-state index >= 15 is 0 Å². The van der Waals surface area contributed by atoms with Crippen LogP contribution in [0.25, 0.3) is 6.08 Å². The van der Waals surface area contributed by atoms with E-state index in [-0.39, 0.29) is 49.9 Å². The summed E-state index contributed by atoms with van der Waals surface area (Å²) in [5, 5.41) is 15.5. The molecule has 2 heterocycles. The van der Waals surface area contributed by atoms with Crippen molar-refractivity contribution in [3.8, 4) is 0 Å². The molecule has 0 aromatic heterocycles. The van der Waals surface area contributed by atoms with Crippen LogP contribution in [0.3, 0.4) is 0 Å². The number of epoxide rings is 1. The van der Waals surface area contributed by atoms with E-state index in [2.05, 4.69) is 37.5 Å². The molecule has 12 nitrogen and oxygen atoms in total. The highest BCUT2D eigenvalue weighted by molar-refractivity contribution is 5.94. The number of amides is 2. The van der Waals surface area contributed by atoms with Crippen molar-refractivity contribution in [2.24, 2.45) is 17.3 Å². The lowest BCUT2D eigenvalue weighted by Gasteiger charge is -2.53. The van der Waals surface area contributed by atoms with Gasteiger partial charge in [-0.05, 0) is 107 Å². The third-order valence-corrected chi connectivity index (χ3v) is 14.1. The van der Waals surface area contributed by atoms with Crippen molar-refractivity contribution in [1.29, 1.82) is 0 Å². The molecule has 12 heteroatoms. The van der Waals surface area contributed by atoms with Gasteiger partial charge in [0.15, 0.2) is 0 Å². The Kier molecular flexibility index (Phi) is 13.8. The molecule has 8 unspecified atom stereocenters. The van der Waals surface area contributed by atoms with Gasteiger partial charge in [0.25, 0.3) is 0 Å². The van der Waals surface area contributed by atoms with E-state index in [0.717, 1.165) is 48.8 Å². The Morgan fingerprint density at radius 1 is 0.894 bits per heavy atom. The summed E-state index contributed by atoms with van der Waals surface area (Å²) in [4.78, 5) is 53.3. The van der Waals surface area contributed by atoms with Crippen LogP contribution in [0.4, 0.5) is 0 Å². The molecular weight excluding hydrogens is 837 g/mol. The van der Waals surface area contributed by atoms with Crippen molar-refractivity contribution in [3.63, 3.8) is 0 Å². The monoisotopic (exact) mass is 902 g/mol. The number of fused-ring (bicyclic) bond motifs is 3. The smallest absolute Gasteiger partial charge is 0.338 e. The molecule has 352 valence electrons. The molecule has 2 amide bonds. The maximum atomic E-state index is 14.3. The minimum atomic E-state index is -1.37. The fourth-order valence-electron chi connectivity index (χ4n) is 10.6. The van der Waals surface area contributed by atoms with Crippen molar-refractivity contribution in [2.75, 3.05) is 13.2 Å². The van der Waals surface area contributed by atoms with Crippen LogP contribution in [0.5, 0.6) is 0 Å². The highest BCUT2D eigenvalue weighted by Gasteiger charge is 2.57. The fourth-order valence-corrected chi connectivity index (χ4v) is 10.6. The lowest BCUT2D eigenvalue weighted by molar-refractivity contribution is -0.157. The van der Waals surface area contributed by atoms with Gasteiger partial charge >= 0.3 is 11.9 Å². The highest BCUT2D eigenvalue weighted by atomic mass is 16.8. The quantitative estimate of drug-likeness (QED) is 0.107. The van der Waals surface area contributed by atoms with Crippen molar-refractivity contribution < 1.29 is 48.0 Å². The van der Waals surface area contributed by atoms with E-state index in [1.807, 2.05) is 78.9 Å². The number of ether oxygens (including phenoxy) is 5. The summed E-state index contributed by atoms with van der Waals surface area (Å²) in [6, 6.07) is 26.1. The average molecular weight is 903 g/mol. The number of rotatable bonds is 14. The van der Waals surface area contributed by atoms with E-state index in [4.69, 9.17) is 23.7 Å². The number of hydrogen-bond donors (Lipinski definition) is 3. The lowest BCUT2D eigenvalue weighted by Crippen LogP contribution is -2.45. The average Bonchev–Trinajstić information content (AvgIpc) is 3.74. The van der Waals surface area contributed by atoms with Gasteiger partial charge in [-0.1, -0.05) is 98.3 Å². The zero-order valence-electron chi connectivity index (χ0n) is 39.2. The van der Waals surface area contributed by atoms with Crippen LogP contribution in [0.15, 0.2) is 102 Å². The molecule has 8 rings (SSSR count). The number of aliphatic hydroxyl groups is 1. The molecule has 8 atom stereocenters. The zero-order chi connectivity index (χ0) is 46.9. The van der Waals surface area contributed by atoms with Gasteiger partial charge in [0.05, 0.1) is 29.9 Å². The summed E-state index contributed by atoms with van der Waals surface area (Å²) < 4.78 is 31.7. The predicted octanol–water partition coefficient (Wildman–Crippen LogP) is 8.11. The van der Waals surface area contributed by atoms with Gasteiger partial charge in [0.2, 0.25) is 17.6 Å².